The number of ketones is 1. The van der Waals surface area contributed by atoms with E-state index in [9.17, 15) is 9.59 Å². The molecule has 36 heavy (non-hydrogen) atoms. The van der Waals surface area contributed by atoms with Gasteiger partial charge >= 0.3 is 0 Å². The Balaban J connectivity index is 1.71. The monoisotopic (exact) mass is 503 g/mol. The molecule has 0 spiro atoms. The summed E-state index contributed by atoms with van der Waals surface area (Å²) >= 11 is 6.30. The van der Waals surface area contributed by atoms with Crippen LogP contribution in [0.25, 0.3) is 5.69 Å². The lowest BCUT2D eigenvalue weighted by Gasteiger charge is -2.17. The lowest BCUT2D eigenvalue weighted by Crippen LogP contribution is -2.25. The van der Waals surface area contributed by atoms with E-state index >= 15 is 0 Å². The number of nitrogens with one attached hydrogen (secondary N) is 1. The molecule has 0 aliphatic rings. The molecule has 0 saturated heterocycles. The first-order valence-electron chi connectivity index (χ1n) is 11.3. The van der Waals surface area contributed by atoms with Gasteiger partial charge in [0.05, 0.1) is 25.9 Å². The van der Waals surface area contributed by atoms with Crippen molar-refractivity contribution in [3.8, 4) is 11.4 Å². The Morgan fingerprint density at radius 2 is 1.64 bits per heavy atom. The van der Waals surface area contributed by atoms with Crippen molar-refractivity contribution in [3.05, 3.63) is 106 Å². The molecule has 4 aromatic rings. The maximum atomic E-state index is 13.5. The van der Waals surface area contributed by atoms with Gasteiger partial charge in [-0.3, -0.25) is 14.2 Å². The lowest BCUT2D eigenvalue weighted by atomic mass is 10.0. The zero-order valence-corrected chi connectivity index (χ0v) is 21.0. The number of nitrogens with zero attached hydrogens (tertiary/aromatic N) is 4. The largest absolute Gasteiger partial charge is 0.497 e. The van der Waals surface area contributed by atoms with Gasteiger partial charge in [-0.15, -0.1) is 10.2 Å². The van der Waals surface area contributed by atoms with Gasteiger partial charge in [0.25, 0.3) is 5.91 Å². The quantitative estimate of drug-likeness (QED) is 0.345. The van der Waals surface area contributed by atoms with Crippen LogP contribution in [0.5, 0.6) is 5.75 Å². The summed E-state index contributed by atoms with van der Waals surface area (Å²) in [7, 11) is 5.41. The molecule has 0 radical (unpaired) electrons. The Bertz CT molecular complexity index is 1370. The van der Waals surface area contributed by atoms with Gasteiger partial charge in [-0.05, 0) is 56.6 Å². The van der Waals surface area contributed by atoms with E-state index in [1.165, 1.54) is 0 Å². The van der Waals surface area contributed by atoms with Crippen molar-refractivity contribution in [3.63, 3.8) is 0 Å². The highest BCUT2D eigenvalue weighted by molar-refractivity contribution is 6.31. The molecular weight excluding hydrogens is 478 g/mol. The highest BCUT2D eigenvalue weighted by Gasteiger charge is 2.22. The van der Waals surface area contributed by atoms with Crippen molar-refractivity contribution in [1.82, 2.24) is 25.0 Å². The summed E-state index contributed by atoms with van der Waals surface area (Å²) in [5, 5.41) is 12.0. The first-order valence-corrected chi connectivity index (χ1v) is 11.6. The van der Waals surface area contributed by atoms with E-state index in [2.05, 4.69) is 15.5 Å². The predicted octanol–water partition coefficient (Wildman–Crippen LogP) is 4.15. The number of halogens is 1. The molecule has 4 rings (SSSR count). The fraction of sp³-hybridized carbons (Fsp3) is 0.185. The fourth-order valence-corrected chi connectivity index (χ4v) is 3.94. The molecule has 0 aliphatic heterocycles. The number of aromatic nitrogens is 3. The van der Waals surface area contributed by atoms with E-state index in [0.717, 1.165) is 0 Å². The summed E-state index contributed by atoms with van der Waals surface area (Å²) in [6, 6.07) is 21.0. The summed E-state index contributed by atoms with van der Waals surface area (Å²) in [5.74, 6) is 1.33. The molecule has 8 nitrogen and oxygen atoms in total. The Morgan fingerprint density at radius 1 is 0.944 bits per heavy atom. The zero-order valence-electron chi connectivity index (χ0n) is 20.2. The minimum atomic E-state index is -0.266. The van der Waals surface area contributed by atoms with Gasteiger partial charge in [-0.2, -0.15) is 0 Å². The average molecular weight is 504 g/mol. The number of carbonyl (C=O) groups excluding carboxylic acids is 2. The summed E-state index contributed by atoms with van der Waals surface area (Å²) in [5.41, 5.74) is 2.03. The van der Waals surface area contributed by atoms with Gasteiger partial charge < -0.3 is 15.0 Å². The maximum absolute atomic E-state index is 13.5. The van der Waals surface area contributed by atoms with E-state index in [1.54, 1.807) is 66.3 Å². The van der Waals surface area contributed by atoms with E-state index in [0.29, 0.717) is 51.3 Å². The van der Waals surface area contributed by atoms with Crippen LogP contribution >= 0.6 is 11.6 Å². The van der Waals surface area contributed by atoms with Crippen LogP contribution < -0.4 is 10.1 Å². The summed E-state index contributed by atoms with van der Waals surface area (Å²) in [4.78, 5) is 28.2. The van der Waals surface area contributed by atoms with Crippen molar-refractivity contribution in [2.75, 3.05) is 21.2 Å². The van der Waals surface area contributed by atoms with Gasteiger partial charge in [0, 0.05) is 21.7 Å². The summed E-state index contributed by atoms with van der Waals surface area (Å²) < 4.78 is 6.96. The number of amides is 1. The Labute approximate surface area is 214 Å². The number of hydrogen-bond acceptors (Lipinski definition) is 6. The van der Waals surface area contributed by atoms with Crippen LogP contribution in [0.2, 0.25) is 5.02 Å². The highest BCUT2D eigenvalue weighted by Crippen LogP contribution is 2.25. The highest BCUT2D eigenvalue weighted by atomic mass is 35.5. The summed E-state index contributed by atoms with van der Waals surface area (Å²) in [6.45, 7) is 0.577. The molecule has 0 saturated carbocycles. The van der Waals surface area contributed by atoms with Crippen molar-refractivity contribution in [1.29, 1.82) is 0 Å². The smallest absolute Gasteiger partial charge is 0.251 e. The summed E-state index contributed by atoms with van der Waals surface area (Å²) in [6.07, 6.45) is 0. The topological polar surface area (TPSA) is 89.3 Å². The molecule has 0 atom stereocenters. The minimum absolute atomic E-state index is 0.104. The average Bonchev–Trinajstić information content (AvgIpc) is 3.28. The van der Waals surface area contributed by atoms with Gasteiger partial charge in [-0.25, -0.2) is 0 Å². The van der Waals surface area contributed by atoms with Crippen LogP contribution in [0.4, 0.5) is 0 Å². The van der Waals surface area contributed by atoms with Gasteiger partial charge in [-0.1, -0.05) is 41.9 Å². The van der Waals surface area contributed by atoms with E-state index in [-0.39, 0.29) is 18.2 Å². The maximum Gasteiger partial charge on any atom is 0.251 e. The van der Waals surface area contributed by atoms with Gasteiger partial charge in [0.15, 0.2) is 17.4 Å². The Morgan fingerprint density at radius 3 is 2.31 bits per heavy atom. The normalized spacial score (nSPS) is 10.9. The number of carbonyl (C=O) groups is 2. The van der Waals surface area contributed by atoms with E-state index < -0.39 is 0 Å². The third-order valence-corrected chi connectivity index (χ3v) is 5.73. The van der Waals surface area contributed by atoms with Crippen LogP contribution in [0.3, 0.4) is 0 Å². The first kappa shape index (κ1) is 25.1. The predicted molar refractivity (Wildman–Crippen MR) is 138 cm³/mol. The molecular formula is C27H26ClN5O3. The van der Waals surface area contributed by atoms with Crippen molar-refractivity contribution in [2.45, 2.75) is 13.1 Å². The van der Waals surface area contributed by atoms with Gasteiger partial charge in [0.1, 0.15) is 5.75 Å². The number of benzene rings is 3. The van der Waals surface area contributed by atoms with Crippen LogP contribution in [-0.2, 0) is 13.1 Å². The van der Waals surface area contributed by atoms with Crippen LogP contribution in [0.15, 0.2) is 72.8 Å². The molecule has 1 aromatic heterocycles. The minimum Gasteiger partial charge on any atom is -0.497 e. The van der Waals surface area contributed by atoms with Crippen LogP contribution in [0.1, 0.15) is 37.9 Å². The molecule has 9 heteroatoms. The van der Waals surface area contributed by atoms with Crippen molar-refractivity contribution < 1.29 is 14.3 Å². The standard InChI is InChI=1S/C27H26ClN5O3/c1-32(2)17-25-31-30-24(16-29-27(35)19-9-12-21(36-3)13-10-19)33(25)23-14-11-20(28)15-22(23)26(34)18-7-5-4-6-8-18/h4-15H,16-17H2,1-3H3,(H,29,35). The number of ether oxygens (including phenoxy) is 1. The second-order valence-corrected chi connectivity index (χ2v) is 8.81. The lowest BCUT2D eigenvalue weighted by molar-refractivity contribution is 0.0948. The first-order chi connectivity index (χ1) is 17.4. The molecule has 1 N–H and O–H groups in total. The fourth-order valence-electron chi connectivity index (χ4n) is 3.77. The third kappa shape index (κ3) is 5.62. The molecule has 3 aromatic carbocycles. The Kier molecular flexibility index (Phi) is 7.77. The van der Waals surface area contributed by atoms with E-state index in [1.807, 2.05) is 37.2 Å². The zero-order chi connectivity index (χ0) is 25.7. The molecule has 0 bridgehead atoms. The molecule has 1 heterocycles. The second-order valence-electron chi connectivity index (χ2n) is 8.37. The number of hydrogen-bond donors (Lipinski definition) is 1. The number of rotatable bonds is 9. The second kappa shape index (κ2) is 11.2. The van der Waals surface area contributed by atoms with E-state index in [4.69, 9.17) is 16.3 Å². The van der Waals surface area contributed by atoms with Crippen LogP contribution in [0, 0.1) is 0 Å². The molecule has 0 fully saturated rings. The molecule has 0 unspecified atom stereocenters. The van der Waals surface area contributed by atoms with Gasteiger partial charge in [0.2, 0.25) is 0 Å². The van der Waals surface area contributed by atoms with Crippen molar-refractivity contribution in [2.24, 2.45) is 0 Å². The Hall–Kier alpha value is -4.01. The van der Waals surface area contributed by atoms with Crippen LogP contribution in [-0.4, -0.2) is 52.6 Å². The van der Waals surface area contributed by atoms with Crippen molar-refractivity contribution >= 4 is 23.3 Å². The number of methoxy groups -OCH3 is 1. The molecule has 0 aliphatic carbocycles. The third-order valence-electron chi connectivity index (χ3n) is 5.49. The molecule has 184 valence electrons. The SMILES string of the molecule is COc1ccc(C(=O)NCc2nnc(CN(C)C)n2-c2ccc(Cl)cc2C(=O)c2ccccc2)cc1. The molecule has 1 amide bonds.